The van der Waals surface area contributed by atoms with Crippen molar-refractivity contribution in [3.05, 3.63) is 33.7 Å². The van der Waals surface area contributed by atoms with Crippen molar-refractivity contribution >= 4 is 62.3 Å². The number of rotatable bonds is 9. The molecule has 0 aliphatic carbocycles. The van der Waals surface area contributed by atoms with Crippen LogP contribution >= 0.6 is 44.3 Å². The van der Waals surface area contributed by atoms with Crippen LogP contribution in [-0.2, 0) is 4.74 Å². The predicted molar refractivity (Wildman–Crippen MR) is 185 cm³/mol. The molecule has 4 heterocycles. The number of ether oxygens (including phenoxy) is 1. The molecule has 1 amide bonds. The molecule has 16 heteroatoms. The maximum Gasteiger partial charge on any atom is 0.407 e. The van der Waals surface area contributed by atoms with E-state index in [1.807, 2.05) is 9.80 Å². The Labute approximate surface area is 290 Å². The number of anilines is 2. The van der Waals surface area contributed by atoms with Gasteiger partial charge in [0.15, 0.2) is 0 Å². The summed E-state index contributed by atoms with van der Waals surface area (Å²) >= 11 is 6.62. The topological polar surface area (TPSA) is 149 Å². The molecule has 2 aliphatic rings. The summed E-state index contributed by atoms with van der Waals surface area (Å²) in [4.78, 5) is 36.5. The molecule has 2 aliphatic heterocycles. The van der Waals surface area contributed by atoms with Gasteiger partial charge in [0.1, 0.15) is 5.60 Å². The average molecular weight is 773 g/mol. The highest BCUT2D eigenvalue weighted by molar-refractivity contribution is 9.10. The Hall–Kier alpha value is -1.88. The number of hydrogen-bond donors (Lipinski definition) is 3. The third-order valence-electron chi connectivity index (χ3n) is 5.95. The molecule has 2 fully saturated rings. The van der Waals surface area contributed by atoms with Gasteiger partial charge in [0.25, 0.3) is 0 Å². The Morgan fingerprint density at radius 1 is 0.864 bits per heavy atom. The number of alkyl carbamates (subject to hydrolysis) is 1. The summed E-state index contributed by atoms with van der Waals surface area (Å²) in [7, 11) is 1.00. The number of carbonyl (C=O) groups excluding carboxylic acids is 1. The lowest BCUT2D eigenvalue weighted by Crippen LogP contribution is -2.47. The molecule has 0 radical (unpaired) electrons. The Morgan fingerprint density at radius 3 is 1.61 bits per heavy atom. The molecular weight excluding hydrogens is 720 g/mol. The van der Waals surface area contributed by atoms with E-state index in [0.29, 0.717) is 64.1 Å². The highest BCUT2D eigenvalue weighted by Gasteiger charge is 2.20. The second kappa shape index (κ2) is 21.8. The van der Waals surface area contributed by atoms with Crippen molar-refractivity contribution in [2.45, 2.75) is 39.2 Å². The first-order chi connectivity index (χ1) is 22.1. The van der Waals surface area contributed by atoms with Crippen LogP contribution in [0.1, 0.15) is 39.1 Å². The summed E-state index contributed by atoms with van der Waals surface area (Å²) in [5.41, 5.74) is 4.89. The van der Waals surface area contributed by atoms with E-state index in [2.05, 4.69) is 62.0 Å². The molecular formula is C28H49Br2ClN10O3. The summed E-state index contributed by atoms with van der Waals surface area (Å²) in [6, 6.07) is 0. The van der Waals surface area contributed by atoms with Gasteiger partial charge < -0.3 is 30.7 Å². The average Bonchev–Trinajstić information content (AvgIpc) is 3.02. The van der Waals surface area contributed by atoms with Crippen LogP contribution in [0.3, 0.4) is 0 Å². The minimum Gasteiger partial charge on any atom is -0.444 e. The van der Waals surface area contributed by atoms with Crippen LogP contribution in [0.25, 0.3) is 0 Å². The number of aromatic nitrogens is 4. The molecule has 0 aromatic carbocycles. The van der Waals surface area contributed by atoms with Gasteiger partial charge >= 0.3 is 6.09 Å². The number of halogens is 3. The number of nitrogens with two attached hydrogens (primary N) is 1. The number of aliphatic hydroxyl groups is 1. The van der Waals surface area contributed by atoms with Crippen LogP contribution in [0.5, 0.6) is 0 Å². The predicted octanol–water partition coefficient (Wildman–Crippen LogP) is 3.02. The molecule has 13 nitrogen and oxygen atoms in total. The van der Waals surface area contributed by atoms with Crippen molar-refractivity contribution in [2.24, 2.45) is 5.73 Å². The molecule has 250 valence electrons. The molecule has 44 heavy (non-hydrogen) atoms. The third-order valence-corrected chi connectivity index (χ3v) is 6.77. The van der Waals surface area contributed by atoms with Crippen molar-refractivity contribution in [3.63, 3.8) is 0 Å². The molecule has 0 atom stereocenters. The number of nitrogens with one attached hydrogen (secondary N) is 1. The van der Waals surface area contributed by atoms with Gasteiger partial charge in [-0.3, -0.25) is 9.80 Å². The lowest BCUT2D eigenvalue weighted by molar-refractivity contribution is 0.0525. The van der Waals surface area contributed by atoms with Crippen LogP contribution in [0.15, 0.2) is 33.7 Å². The van der Waals surface area contributed by atoms with E-state index in [0.717, 1.165) is 29.1 Å². The van der Waals surface area contributed by atoms with Gasteiger partial charge in [-0.05, 0) is 85.0 Å². The first-order valence-corrected chi connectivity index (χ1v) is 15.7. The summed E-state index contributed by atoms with van der Waals surface area (Å²) in [6.07, 6.45) is 6.89. The van der Waals surface area contributed by atoms with Crippen molar-refractivity contribution < 1.29 is 20.1 Å². The Morgan fingerprint density at radius 2 is 1.25 bits per heavy atom. The summed E-state index contributed by atoms with van der Waals surface area (Å²) in [5.74, 6) is 1.35. The number of hydrogen-bond acceptors (Lipinski definition) is 12. The van der Waals surface area contributed by atoms with Gasteiger partial charge in [0.2, 0.25) is 11.9 Å². The minimum atomic E-state index is -1.50. The van der Waals surface area contributed by atoms with E-state index in [1.54, 1.807) is 50.5 Å². The monoisotopic (exact) mass is 770 g/mol. The smallest absolute Gasteiger partial charge is 0.407 e. The number of amides is 1. The maximum absolute atomic E-state index is 11.7. The molecule has 4 rings (SSSR count). The normalized spacial score (nSPS) is 17.6. The molecule has 4 N–H and O–H groups in total. The zero-order valence-corrected chi connectivity index (χ0v) is 29.9. The Balaban J connectivity index is 0.000000465. The first kappa shape index (κ1) is 33.5. The van der Waals surface area contributed by atoms with Crippen molar-refractivity contribution in [1.82, 2.24) is 35.1 Å². The van der Waals surface area contributed by atoms with Crippen LogP contribution < -0.4 is 20.9 Å². The third kappa shape index (κ3) is 15.9. The zero-order valence-electron chi connectivity index (χ0n) is 29.9. The Kier molecular flexibility index (Phi) is 16.6. The van der Waals surface area contributed by atoms with Crippen LogP contribution in [-0.4, -0.2) is 132 Å². The van der Waals surface area contributed by atoms with Crippen LogP contribution in [0.4, 0.5) is 16.7 Å². The van der Waals surface area contributed by atoms with Crippen molar-refractivity contribution in [1.29, 1.82) is 0 Å². The summed E-state index contributed by atoms with van der Waals surface area (Å²) in [5, 5.41) is 9.61. The highest BCUT2D eigenvalue weighted by atomic mass is 79.9. The van der Waals surface area contributed by atoms with Crippen molar-refractivity contribution in [3.8, 4) is 0 Å². The van der Waals surface area contributed by atoms with E-state index in [-0.39, 0.29) is 25.4 Å². The lowest BCUT2D eigenvalue weighted by Gasteiger charge is -2.34. The molecule has 0 spiro atoms. The molecule has 0 unspecified atom stereocenters. The van der Waals surface area contributed by atoms with E-state index >= 15 is 0 Å². The first-order valence-electron chi connectivity index (χ1n) is 16.2. The van der Waals surface area contributed by atoms with Gasteiger partial charge in [0.05, 0.1) is 8.95 Å². The standard InChI is InChI=1S/C16H26BrN5O2.C11H18BrN5.CH4O.ClH/c1-16(2,3)24-15(23)18-5-4-6-21-7-9-22(10-8-21)14-19-11-13(17)12-20-14;12-10-8-14-11(15-9-10)17-6-4-16(5-7-17)3-1-2-13;1-2;/h11-12H,4-10H2,1-3H3,(H,18,23);8-9H,1-7,13H2;2H,1H3;1H/i6D2;3D2;;. The van der Waals surface area contributed by atoms with Gasteiger partial charge in [-0.2, -0.15) is 0 Å². The van der Waals surface area contributed by atoms with Gasteiger partial charge in [-0.25, -0.2) is 24.7 Å². The maximum atomic E-state index is 11.7. The second-order valence-electron chi connectivity index (χ2n) is 10.4. The van der Waals surface area contributed by atoms with Gasteiger partial charge in [0, 0.05) is 96.3 Å². The number of piperazine rings is 2. The second-order valence-corrected chi connectivity index (χ2v) is 12.2. The fourth-order valence-electron chi connectivity index (χ4n) is 3.98. The largest absolute Gasteiger partial charge is 0.444 e. The van der Waals surface area contributed by atoms with Gasteiger partial charge in [-0.15, -0.1) is 12.4 Å². The quantitative estimate of drug-likeness (QED) is 0.344. The van der Waals surface area contributed by atoms with E-state index in [9.17, 15) is 4.79 Å². The molecule has 0 bridgehead atoms. The number of aliphatic hydroxyl groups excluding tert-OH is 1. The molecule has 0 saturated carbocycles. The van der Waals surface area contributed by atoms with Crippen molar-refractivity contribution in [2.75, 3.05) is 95.4 Å². The summed E-state index contributed by atoms with van der Waals surface area (Å²) in [6.45, 7) is 8.36. The summed E-state index contributed by atoms with van der Waals surface area (Å²) < 4.78 is 39.4. The van der Waals surface area contributed by atoms with E-state index in [4.69, 9.17) is 21.1 Å². The highest BCUT2D eigenvalue weighted by Crippen LogP contribution is 2.14. The lowest BCUT2D eigenvalue weighted by atomic mass is 10.2. The fourth-order valence-corrected chi connectivity index (χ4v) is 4.39. The Bertz CT molecular complexity index is 1210. The minimum absolute atomic E-state index is 0. The number of carbonyl (C=O) groups is 1. The van der Waals surface area contributed by atoms with E-state index in [1.165, 1.54) is 0 Å². The fraction of sp³-hybridized carbons (Fsp3) is 0.679. The van der Waals surface area contributed by atoms with E-state index < -0.39 is 24.7 Å². The molecule has 2 aromatic rings. The SMILES string of the molecule is CO.Cl.[2H]C([2H])(CCN)N1CCN(c2ncc(Br)cn2)CC1.[2H]C([2H])(CCNC(=O)OC(C)(C)C)N1CCN(c2ncc(Br)cn2)CC1. The molecule has 2 saturated heterocycles. The van der Waals surface area contributed by atoms with Crippen LogP contribution in [0, 0.1) is 0 Å². The zero-order chi connectivity index (χ0) is 35.3. The molecule has 2 aromatic heterocycles. The van der Waals surface area contributed by atoms with Gasteiger partial charge in [-0.1, -0.05) is 0 Å². The number of nitrogens with zero attached hydrogens (tertiary/aromatic N) is 8. The van der Waals surface area contributed by atoms with Crippen LogP contribution in [0.2, 0.25) is 0 Å².